The minimum Gasteiger partial charge on any atom is -0.472 e. The first-order chi connectivity index (χ1) is 10.0. The number of hydrogen-bond donors (Lipinski definition) is 0. The van der Waals surface area contributed by atoms with Crippen molar-refractivity contribution in [1.29, 1.82) is 0 Å². The third kappa shape index (κ3) is 2.61. The van der Waals surface area contributed by atoms with Crippen molar-refractivity contribution in [2.45, 2.75) is 52.9 Å². The number of allylic oxidation sites excluding steroid dienone is 2. The molecule has 0 bridgehead atoms. The molecule has 0 saturated heterocycles. The zero-order valence-electron chi connectivity index (χ0n) is 13.4. The van der Waals surface area contributed by atoms with Crippen LogP contribution in [-0.4, -0.2) is 5.78 Å². The Morgan fingerprint density at radius 1 is 1.38 bits per heavy atom. The van der Waals surface area contributed by atoms with Crippen LogP contribution in [0.25, 0.3) is 0 Å². The molecular weight excluding hydrogens is 260 g/mol. The summed E-state index contributed by atoms with van der Waals surface area (Å²) < 4.78 is 5.19. The average Bonchev–Trinajstić information content (AvgIpc) is 2.95. The number of aryl methyl sites for hydroxylation is 1. The Morgan fingerprint density at radius 3 is 2.90 bits per heavy atom. The maximum absolute atomic E-state index is 12.1. The summed E-state index contributed by atoms with van der Waals surface area (Å²) in [5.41, 5.74) is 2.85. The Balaban J connectivity index is 1.83. The van der Waals surface area contributed by atoms with E-state index in [0.29, 0.717) is 23.5 Å². The van der Waals surface area contributed by atoms with E-state index < -0.39 is 0 Å². The molecule has 1 saturated carbocycles. The fraction of sp³-hybridized carbons (Fsp3) is 0.632. The minimum atomic E-state index is 0.255. The van der Waals surface area contributed by atoms with Crippen LogP contribution < -0.4 is 0 Å². The number of furan rings is 1. The summed E-state index contributed by atoms with van der Waals surface area (Å²) in [6.07, 6.45) is 11.0. The van der Waals surface area contributed by atoms with Crippen molar-refractivity contribution in [1.82, 2.24) is 0 Å². The second-order valence-electron chi connectivity index (χ2n) is 7.39. The van der Waals surface area contributed by atoms with Gasteiger partial charge in [0.05, 0.1) is 12.5 Å². The highest BCUT2D eigenvalue weighted by molar-refractivity contribution is 5.91. The van der Waals surface area contributed by atoms with Crippen LogP contribution in [0.15, 0.2) is 34.7 Å². The topological polar surface area (TPSA) is 30.2 Å². The number of ketones is 1. The van der Waals surface area contributed by atoms with E-state index >= 15 is 0 Å². The summed E-state index contributed by atoms with van der Waals surface area (Å²) in [6.45, 7) is 6.95. The van der Waals surface area contributed by atoms with Crippen molar-refractivity contribution in [3.05, 3.63) is 35.8 Å². The van der Waals surface area contributed by atoms with Gasteiger partial charge in [-0.25, -0.2) is 0 Å². The summed E-state index contributed by atoms with van der Waals surface area (Å²) in [4.78, 5) is 12.1. The van der Waals surface area contributed by atoms with E-state index in [-0.39, 0.29) is 5.41 Å². The summed E-state index contributed by atoms with van der Waals surface area (Å²) >= 11 is 0. The van der Waals surface area contributed by atoms with Crippen molar-refractivity contribution < 1.29 is 9.21 Å². The molecule has 0 aliphatic heterocycles. The Hall–Kier alpha value is -1.31. The molecule has 1 heterocycles. The number of carbonyl (C=O) groups is 1. The van der Waals surface area contributed by atoms with E-state index in [1.165, 1.54) is 24.0 Å². The first kappa shape index (κ1) is 14.6. The largest absolute Gasteiger partial charge is 0.472 e. The van der Waals surface area contributed by atoms with Gasteiger partial charge in [-0.1, -0.05) is 19.4 Å². The lowest BCUT2D eigenvalue weighted by Gasteiger charge is -2.52. The van der Waals surface area contributed by atoms with Gasteiger partial charge in [0.1, 0.15) is 0 Å². The predicted octanol–water partition coefficient (Wildman–Crippen LogP) is 4.80. The second-order valence-corrected chi connectivity index (χ2v) is 7.39. The normalized spacial score (nSPS) is 36.2. The first-order valence-electron chi connectivity index (χ1n) is 8.23. The molecule has 0 N–H and O–H groups in total. The van der Waals surface area contributed by atoms with E-state index in [0.717, 1.165) is 19.3 Å². The molecule has 0 aromatic carbocycles. The zero-order chi connectivity index (χ0) is 15.0. The van der Waals surface area contributed by atoms with Gasteiger partial charge in [-0.2, -0.15) is 0 Å². The second kappa shape index (κ2) is 5.47. The zero-order valence-corrected chi connectivity index (χ0v) is 13.4. The van der Waals surface area contributed by atoms with Crippen LogP contribution in [0.3, 0.4) is 0 Å². The molecule has 1 aromatic rings. The van der Waals surface area contributed by atoms with Crippen molar-refractivity contribution in [3.63, 3.8) is 0 Å². The van der Waals surface area contributed by atoms with Gasteiger partial charge < -0.3 is 4.42 Å². The number of hydrogen-bond acceptors (Lipinski definition) is 2. The molecule has 1 aromatic heterocycles. The van der Waals surface area contributed by atoms with Gasteiger partial charge >= 0.3 is 0 Å². The fourth-order valence-corrected chi connectivity index (χ4v) is 4.62. The maximum atomic E-state index is 12.1. The van der Waals surface area contributed by atoms with E-state index in [2.05, 4.69) is 26.8 Å². The number of carbonyl (C=O) groups excluding carboxylic acids is 1. The monoisotopic (exact) mass is 286 g/mol. The smallest absolute Gasteiger partial charge is 0.155 e. The molecule has 3 rings (SSSR count). The molecule has 4 unspecified atom stereocenters. The van der Waals surface area contributed by atoms with Gasteiger partial charge in [0.25, 0.3) is 0 Å². The van der Waals surface area contributed by atoms with Crippen molar-refractivity contribution in [2.24, 2.45) is 23.2 Å². The maximum Gasteiger partial charge on any atom is 0.155 e. The molecule has 2 nitrogen and oxygen atoms in total. The third-order valence-electron chi connectivity index (χ3n) is 6.30. The van der Waals surface area contributed by atoms with Gasteiger partial charge in [0.2, 0.25) is 0 Å². The summed E-state index contributed by atoms with van der Waals surface area (Å²) in [6, 6.07) is 2.06. The van der Waals surface area contributed by atoms with Crippen LogP contribution in [0.4, 0.5) is 0 Å². The lowest BCUT2D eigenvalue weighted by atomic mass is 9.52. The van der Waals surface area contributed by atoms with Crippen LogP contribution in [0.5, 0.6) is 0 Å². The molecule has 2 aliphatic rings. The van der Waals surface area contributed by atoms with Crippen LogP contribution in [0.1, 0.15) is 52.0 Å². The Bertz CT molecular complexity index is 540. The summed E-state index contributed by atoms with van der Waals surface area (Å²) in [5.74, 6) is 2.15. The van der Waals surface area contributed by atoms with Crippen LogP contribution in [0, 0.1) is 23.2 Å². The third-order valence-corrected chi connectivity index (χ3v) is 6.30. The van der Waals surface area contributed by atoms with E-state index in [1.54, 1.807) is 6.26 Å². The molecular formula is C19H26O2. The molecule has 0 spiro atoms. The number of rotatable bonds is 3. The van der Waals surface area contributed by atoms with Crippen LogP contribution >= 0.6 is 0 Å². The summed E-state index contributed by atoms with van der Waals surface area (Å²) in [7, 11) is 0. The Kier molecular flexibility index (Phi) is 3.81. The molecule has 114 valence electrons. The molecule has 0 amide bonds. The van der Waals surface area contributed by atoms with E-state index in [1.807, 2.05) is 12.3 Å². The number of fused-ring (bicyclic) bond motifs is 1. The van der Waals surface area contributed by atoms with Crippen LogP contribution in [0.2, 0.25) is 0 Å². The highest BCUT2D eigenvalue weighted by atomic mass is 16.3. The van der Waals surface area contributed by atoms with Crippen molar-refractivity contribution in [3.8, 4) is 0 Å². The molecule has 4 atom stereocenters. The quantitative estimate of drug-likeness (QED) is 0.799. The highest BCUT2D eigenvalue weighted by Crippen LogP contribution is 2.55. The SMILES string of the molecule is CC1=CC(=O)CC2C1CCC(C)C2(C)CCc1ccoc1. The lowest BCUT2D eigenvalue weighted by molar-refractivity contribution is -0.120. The van der Waals surface area contributed by atoms with E-state index in [9.17, 15) is 4.79 Å². The summed E-state index contributed by atoms with van der Waals surface area (Å²) in [5, 5.41) is 0. The van der Waals surface area contributed by atoms with Gasteiger partial charge in [-0.05, 0) is 73.5 Å². The molecule has 1 fully saturated rings. The lowest BCUT2D eigenvalue weighted by Crippen LogP contribution is -2.45. The van der Waals surface area contributed by atoms with Crippen molar-refractivity contribution >= 4 is 5.78 Å². The standard InChI is InChI=1S/C19H26O2/c1-13-10-16(20)11-18-17(13)5-4-14(2)19(18,3)8-6-15-7-9-21-12-15/h7,9-10,12,14,17-18H,4-6,8,11H2,1-3H3. The van der Waals surface area contributed by atoms with Gasteiger partial charge in [0, 0.05) is 6.42 Å². The van der Waals surface area contributed by atoms with Gasteiger partial charge in [-0.3, -0.25) is 4.79 Å². The van der Waals surface area contributed by atoms with Crippen molar-refractivity contribution in [2.75, 3.05) is 0 Å². The molecule has 2 heteroatoms. The Labute approximate surface area is 127 Å². The molecule has 21 heavy (non-hydrogen) atoms. The predicted molar refractivity (Wildman–Crippen MR) is 83.9 cm³/mol. The average molecular weight is 286 g/mol. The molecule has 2 aliphatic carbocycles. The van der Waals surface area contributed by atoms with E-state index in [4.69, 9.17) is 4.42 Å². The first-order valence-corrected chi connectivity index (χ1v) is 8.23. The fourth-order valence-electron chi connectivity index (χ4n) is 4.62. The van der Waals surface area contributed by atoms with Gasteiger partial charge in [0.15, 0.2) is 5.78 Å². The molecule has 0 radical (unpaired) electrons. The van der Waals surface area contributed by atoms with Crippen LogP contribution in [-0.2, 0) is 11.2 Å². The highest BCUT2D eigenvalue weighted by Gasteiger charge is 2.48. The minimum absolute atomic E-state index is 0.255. The Morgan fingerprint density at radius 2 is 2.19 bits per heavy atom. The van der Waals surface area contributed by atoms with Gasteiger partial charge in [-0.15, -0.1) is 0 Å².